The number of rotatable bonds is 7. The van der Waals surface area contributed by atoms with Gasteiger partial charge in [0.2, 0.25) is 5.95 Å². The molecule has 7 nitrogen and oxygen atoms in total. The molecule has 7 heteroatoms. The summed E-state index contributed by atoms with van der Waals surface area (Å²) < 4.78 is 0. The highest BCUT2D eigenvalue weighted by Crippen LogP contribution is 2.22. The van der Waals surface area contributed by atoms with E-state index in [0.29, 0.717) is 18.3 Å². The lowest BCUT2D eigenvalue weighted by molar-refractivity contribution is 0.303. The summed E-state index contributed by atoms with van der Waals surface area (Å²) in [6.07, 6.45) is 5.19. The quantitative estimate of drug-likeness (QED) is 0.496. The summed E-state index contributed by atoms with van der Waals surface area (Å²) in [6.45, 7) is 2.50. The number of nitrogens with zero attached hydrogens (tertiary/aromatic N) is 5. The second-order valence-corrected chi connectivity index (χ2v) is 6.10. The minimum Gasteiger partial charge on any atom is -0.395 e. The largest absolute Gasteiger partial charge is 0.395 e. The minimum atomic E-state index is 0.0214. The Morgan fingerprint density at radius 3 is 2.70 bits per heavy atom. The van der Waals surface area contributed by atoms with Gasteiger partial charge >= 0.3 is 0 Å². The van der Waals surface area contributed by atoms with E-state index >= 15 is 0 Å². The first-order valence-corrected chi connectivity index (χ1v) is 8.63. The maximum absolute atomic E-state index is 9.20. The minimum absolute atomic E-state index is 0.0214. The van der Waals surface area contributed by atoms with Crippen LogP contribution in [0.4, 0.5) is 11.8 Å². The lowest BCUT2D eigenvalue weighted by Crippen LogP contribution is -2.23. The van der Waals surface area contributed by atoms with E-state index in [9.17, 15) is 5.11 Å². The lowest BCUT2D eigenvalue weighted by Gasteiger charge is -2.17. The molecule has 0 saturated heterocycles. The highest BCUT2D eigenvalue weighted by molar-refractivity contribution is 5.80. The van der Waals surface area contributed by atoms with Gasteiger partial charge in [0.1, 0.15) is 0 Å². The van der Waals surface area contributed by atoms with Crippen LogP contribution in [-0.2, 0) is 0 Å². The van der Waals surface area contributed by atoms with Gasteiger partial charge in [-0.15, -0.1) is 0 Å². The molecule has 2 aromatic heterocycles. The normalized spacial score (nSPS) is 10.9. The van der Waals surface area contributed by atoms with Crippen molar-refractivity contribution in [2.24, 2.45) is 5.10 Å². The number of benzene rings is 1. The molecule has 27 heavy (non-hydrogen) atoms. The molecule has 0 spiro atoms. The molecule has 2 heterocycles. The molecule has 2 N–H and O–H groups in total. The van der Waals surface area contributed by atoms with Gasteiger partial charge in [-0.05, 0) is 24.6 Å². The Morgan fingerprint density at radius 1 is 1.15 bits per heavy atom. The van der Waals surface area contributed by atoms with Crippen LogP contribution in [0.1, 0.15) is 11.1 Å². The Hall–Kier alpha value is -3.32. The molecule has 1 aromatic carbocycles. The van der Waals surface area contributed by atoms with Crippen molar-refractivity contribution in [3.8, 4) is 11.3 Å². The van der Waals surface area contributed by atoms with Gasteiger partial charge in [0.15, 0.2) is 5.82 Å². The van der Waals surface area contributed by atoms with Crippen molar-refractivity contribution >= 4 is 18.0 Å². The van der Waals surface area contributed by atoms with Crippen molar-refractivity contribution in [1.29, 1.82) is 0 Å². The third kappa shape index (κ3) is 5.08. The first-order valence-electron chi connectivity index (χ1n) is 8.63. The highest BCUT2D eigenvalue weighted by Gasteiger charge is 2.10. The second-order valence-electron chi connectivity index (χ2n) is 6.10. The van der Waals surface area contributed by atoms with Crippen LogP contribution in [0.5, 0.6) is 0 Å². The Kier molecular flexibility index (Phi) is 6.06. The number of aromatic nitrogens is 3. The van der Waals surface area contributed by atoms with Gasteiger partial charge in [-0.2, -0.15) is 10.1 Å². The summed E-state index contributed by atoms with van der Waals surface area (Å²) in [5.41, 5.74) is 6.83. The molecule has 0 fully saturated rings. The van der Waals surface area contributed by atoms with Gasteiger partial charge in [0.05, 0.1) is 18.5 Å². The average molecular weight is 362 g/mol. The van der Waals surface area contributed by atoms with Crippen LogP contribution in [0.15, 0.2) is 60.0 Å². The summed E-state index contributed by atoms with van der Waals surface area (Å²) >= 11 is 0. The van der Waals surface area contributed by atoms with Crippen LogP contribution in [0, 0.1) is 6.92 Å². The van der Waals surface area contributed by atoms with Gasteiger partial charge < -0.3 is 10.0 Å². The third-order valence-electron chi connectivity index (χ3n) is 3.90. The summed E-state index contributed by atoms with van der Waals surface area (Å²) in [5.74, 6) is 1.08. The van der Waals surface area contributed by atoms with Crippen molar-refractivity contribution in [2.45, 2.75) is 6.92 Å². The van der Waals surface area contributed by atoms with Crippen LogP contribution < -0.4 is 10.3 Å². The fourth-order valence-corrected chi connectivity index (χ4v) is 2.51. The Morgan fingerprint density at radius 2 is 1.96 bits per heavy atom. The van der Waals surface area contributed by atoms with Gasteiger partial charge in [-0.25, -0.2) is 4.98 Å². The highest BCUT2D eigenvalue weighted by atomic mass is 16.3. The molecular formula is C20H22N6O. The van der Waals surface area contributed by atoms with E-state index in [-0.39, 0.29) is 6.61 Å². The number of aliphatic hydroxyl groups is 1. The van der Waals surface area contributed by atoms with E-state index in [1.165, 1.54) is 5.56 Å². The number of hydrogen-bond donors (Lipinski definition) is 2. The number of hydrogen-bond acceptors (Lipinski definition) is 7. The first kappa shape index (κ1) is 18.5. The molecule has 0 aliphatic carbocycles. The maximum atomic E-state index is 9.20. The van der Waals surface area contributed by atoms with E-state index in [2.05, 4.69) is 25.5 Å². The van der Waals surface area contributed by atoms with Gasteiger partial charge in [0.25, 0.3) is 0 Å². The molecule has 0 aliphatic heterocycles. The molecule has 0 radical (unpaired) electrons. The molecule has 0 unspecified atom stereocenters. The summed E-state index contributed by atoms with van der Waals surface area (Å²) in [5, 5.41) is 13.5. The number of likely N-dealkylation sites (N-methyl/N-ethyl adjacent to an activating group) is 1. The van der Waals surface area contributed by atoms with Crippen LogP contribution >= 0.6 is 0 Å². The van der Waals surface area contributed by atoms with Crippen molar-refractivity contribution in [1.82, 2.24) is 15.0 Å². The fraction of sp³-hybridized carbons (Fsp3) is 0.200. The zero-order valence-electron chi connectivity index (χ0n) is 15.4. The van der Waals surface area contributed by atoms with Crippen LogP contribution in [0.25, 0.3) is 11.3 Å². The molecule has 0 aliphatic rings. The van der Waals surface area contributed by atoms with Crippen molar-refractivity contribution in [2.75, 3.05) is 30.5 Å². The van der Waals surface area contributed by atoms with E-state index in [4.69, 9.17) is 0 Å². The monoisotopic (exact) mass is 362 g/mol. The molecule has 0 bridgehead atoms. The van der Waals surface area contributed by atoms with E-state index in [1.807, 2.05) is 56.4 Å². The van der Waals surface area contributed by atoms with Gasteiger partial charge in [0, 0.05) is 37.6 Å². The van der Waals surface area contributed by atoms with Crippen LogP contribution in [0.3, 0.4) is 0 Å². The summed E-state index contributed by atoms with van der Waals surface area (Å²) in [7, 11) is 1.83. The number of pyridine rings is 1. The standard InChI is InChI=1S/C20H22N6O/c1-15-4-3-5-16(12-15)14-22-25-19-13-18(17-6-8-21-9-7-17)23-20(24-19)26(2)10-11-27/h3-9,12-14,27H,10-11H2,1-2H3,(H,23,24,25)/b22-14+. The molecule has 0 atom stereocenters. The molecular weight excluding hydrogens is 340 g/mol. The second kappa shape index (κ2) is 8.86. The zero-order chi connectivity index (χ0) is 19.1. The lowest BCUT2D eigenvalue weighted by atomic mass is 10.2. The number of anilines is 2. The number of aryl methyl sites for hydroxylation is 1. The zero-order valence-corrected chi connectivity index (χ0v) is 15.4. The van der Waals surface area contributed by atoms with Crippen LogP contribution in [0.2, 0.25) is 0 Å². The van der Waals surface area contributed by atoms with Crippen molar-refractivity contribution in [3.63, 3.8) is 0 Å². The average Bonchev–Trinajstić information content (AvgIpc) is 2.69. The van der Waals surface area contributed by atoms with Crippen molar-refractivity contribution < 1.29 is 5.11 Å². The fourth-order valence-electron chi connectivity index (χ4n) is 2.51. The van der Waals surface area contributed by atoms with Crippen LogP contribution in [-0.4, -0.2) is 46.5 Å². The topological polar surface area (TPSA) is 86.5 Å². The van der Waals surface area contributed by atoms with Gasteiger partial charge in [-0.3, -0.25) is 10.4 Å². The predicted octanol–water partition coefficient (Wildman–Crippen LogP) is 2.72. The SMILES string of the molecule is Cc1cccc(/C=N/Nc2cc(-c3ccncc3)nc(N(C)CCO)n2)c1. The Balaban J connectivity index is 1.87. The number of nitrogens with one attached hydrogen (secondary N) is 1. The smallest absolute Gasteiger partial charge is 0.227 e. The third-order valence-corrected chi connectivity index (χ3v) is 3.90. The van der Waals surface area contributed by atoms with Gasteiger partial charge in [-0.1, -0.05) is 29.8 Å². The van der Waals surface area contributed by atoms with E-state index in [1.54, 1.807) is 23.5 Å². The number of aliphatic hydroxyl groups excluding tert-OH is 1. The summed E-state index contributed by atoms with van der Waals surface area (Å²) in [4.78, 5) is 14.9. The molecule has 3 aromatic rings. The number of hydrazone groups is 1. The van der Waals surface area contributed by atoms with Crippen molar-refractivity contribution in [3.05, 3.63) is 66.0 Å². The van der Waals surface area contributed by atoms with E-state index < -0.39 is 0 Å². The Labute approximate surface area is 158 Å². The molecule has 138 valence electrons. The molecule has 3 rings (SSSR count). The molecule has 0 saturated carbocycles. The first-order chi connectivity index (χ1) is 13.2. The predicted molar refractivity (Wildman–Crippen MR) is 108 cm³/mol. The Bertz CT molecular complexity index is 913. The molecule has 0 amide bonds. The van der Waals surface area contributed by atoms with E-state index in [0.717, 1.165) is 16.8 Å². The summed E-state index contributed by atoms with van der Waals surface area (Å²) in [6, 6.07) is 13.7. The maximum Gasteiger partial charge on any atom is 0.227 e.